The molecular formula is C12H16N2OS. The van der Waals surface area contributed by atoms with Crippen LogP contribution in [0.1, 0.15) is 19.4 Å². The minimum Gasteiger partial charge on any atom is -0.389 e. The largest absolute Gasteiger partial charge is 0.389 e. The Morgan fingerprint density at radius 1 is 1.44 bits per heavy atom. The van der Waals surface area contributed by atoms with E-state index >= 15 is 0 Å². The number of thiocarbonyl (C=S) groups is 1. The standard InChI is InChI=1S/C12H16N2OS/c1-8(2)12(15)14(3)10-6-4-5-9(7-10)11(13)16/h4-8H,1-3H3,(H2,13,16). The molecule has 0 radical (unpaired) electrons. The van der Waals surface area contributed by atoms with E-state index in [1.165, 1.54) is 0 Å². The topological polar surface area (TPSA) is 46.3 Å². The molecule has 1 rings (SSSR count). The average Bonchev–Trinajstić information content (AvgIpc) is 2.27. The number of hydrogen-bond acceptors (Lipinski definition) is 2. The molecule has 0 aliphatic rings. The highest BCUT2D eigenvalue weighted by atomic mass is 32.1. The number of rotatable bonds is 3. The maximum Gasteiger partial charge on any atom is 0.229 e. The Hall–Kier alpha value is -1.42. The van der Waals surface area contributed by atoms with Crippen molar-refractivity contribution in [1.82, 2.24) is 0 Å². The smallest absolute Gasteiger partial charge is 0.229 e. The van der Waals surface area contributed by atoms with Gasteiger partial charge in [-0.05, 0) is 12.1 Å². The van der Waals surface area contributed by atoms with Crippen molar-refractivity contribution in [1.29, 1.82) is 0 Å². The van der Waals surface area contributed by atoms with Crippen LogP contribution in [0.25, 0.3) is 0 Å². The molecule has 1 aromatic carbocycles. The first-order chi connectivity index (χ1) is 7.43. The molecule has 1 amide bonds. The van der Waals surface area contributed by atoms with E-state index in [1.54, 1.807) is 11.9 Å². The van der Waals surface area contributed by atoms with Crippen LogP contribution in [0.3, 0.4) is 0 Å². The monoisotopic (exact) mass is 236 g/mol. The number of benzene rings is 1. The zero-order valence-electron chi connectivity index (χ0n) is 9.73. The quantitative estimate of drug-likeness (QED) is 0.816. The lowest BCUT2D eigenvalue weighted by molar-refractivity contribution is -0.121. The summed E-state index contributed by atoms with van der Waals surface area (Å²) in [6.07, 6.45) is 0. The fourth-order valence-electron chi connectivity index (χ4n) is 1.38. The van der Waals surface area contributed by atoms with Gasteiger partial charge in [0.25, 0.3) is 0 Å². The SMILES string of the molecule is CC(C)C(=O)N(C)c1cccc(C(N)=S)c1. The fraction of sp³-hybridized carbons (Fsp3) is 0.333. The maximum atomic E-state index is 11.8. The predicted octanol–water partition coefficient (Wildman–Crippen LogP) is 1.94. The zero-order valence-corrected chi connectivity index (χ0v) is 10.5. The molecule has 2 N–H and O–H groups in total. The van der Waals surface area contributed by atoms with Gasteiger partial charge >= 0.3 is 0 Å². The second-order valence-electron chi connectivity index (χ2n) is 3.97. The molecule has 16 heavy (non-hydrogen) atoms. The highest BCUT2D eigenvalue weighted by Crippen LogP contribution is 2.16. The van der Waals surface area contributed by atoms with Crippen molar-refractivity contribution in [2.75, 3.05) is 11.9 Å². The number of hydrogen-bond donors (Lipinski definition) is 1. The zero-order chi connectivity index (χ0) is 12.3. The molecule has 0 heterocycles. The van der Waals surface area contributed by atoms with Crippen LogP contribution in [-0.2, 0) is 4.79 Å². The number of carbonyl (C=O) groups excluding carboxylic acids is 1. The van der Waals surface area contributed by atoms with Gasteiger partial charge in [0, 0.05) is 24.2 Å². The normalized spacial score (nSPS) is 10.2. The lowest BCUT2D eigenvalue weighted by atomic mass is 10.1. The summed E-state index contributed by atoms with van der Waals surface area (Å²) < 4.78 is 0. The Morgan fingerprint density at radius 2 is 2.06 bits per heavy atom. The average molecular weight is 236 g/mol. The molecule has 0 aliphatic heterocycles. The third-order valence-corrected chi connectivity index (χ3v) is 2.58. The van der Waals surface area contributed by atoms with Crippen molar-refractivity contribution in [3.63, 3.8) is 0 Å². The van der Waals surface area contributed by atoms with Crippen molar-refractivity contribution in [3.8, 4) is 0 Å². The highest BCUT2D eigenvalue weighted by molar-refractivity contribution is 7.80. The Kier molecular flexibility index (Phi) is 4.01. The number of anilines is 1. The Balaban J connectivity index is 3.00. The molecule has 0 spiro atoms. The lowest BCUT2D eigenvalue weighted by Crippen LogP contribution is -2.30. The summed E-state index contributed by atoms with van der Waals surface area (Å²) in [5.74, 6) is 0.0403. The summed E-state index contributed by atoms with van der Waals surface area (Å²) in [7, 11) is 1.75. The third kappa shape index (κ3) is 2.79. The summed E-state index contributed by atoms with van der Waals surface area (Å²) in [4.78, 5) is 13.7. The Morgan fingerprint density at radius 3 is 2.56 bits per heavy atom. The van der Waals surface area contributed by atoms with E-state index in [-0.39, 0.29) is 11.8 Å². The van der Waals surface area contributed by atoms with Crippen molar-refractivity contribution in [2.45, 2.75) is 13.8 Å². The summed E-state index contributed by atoms with van der Waals surface area (Å²) in [6.45, 7) is 3.74. The van der Waals surface area contributed by atoms with Gasteiger partial charge in [-0.15, -0.1) is 0 Å². The summed E-state index contributed by atoms with van der Waals surface area (Å²) >= 11 is 4.90. The minimum atomic E-state index is -0.0292. The molecule has 0 unspecified atom stereocenters. The fourth-order valence-corrected chi connectivity index (χ4v) is 1.51. The first-order valence-corrected chi connectivity index (χ1v) is 5.51. The first kappa shape index (κ1) is 12.6. The van der Waals surface area contributed by atoms with Crippen LogP contribution in [-0.4, -0.2) is 17.9 Å². The summed E-state index contributed by atoms with van der Waals surface area (Å²) in [5.41, 5.74) is 7.13. The van der Waals surface area contributed by atoms with Crippen LogP contribution in [0.15, 0.2) is 24.3 Å². The molecule has 0 saturated heterocycles. The Bertz CT molecular complexity index is 415. The number of nitrogens with zero attached hydrogens (tertiary/aromatic N) is 1. The van der Waals surface area contributed by atoms with Gasteiger partial charge in [0.1, 0.15) is 4.99 Å². The molecule has 86 valence electrons. The molecule has 4 heteroatoms. The number of carbonyl (C=O) groups is 1. The van der Waals surface area contributed by atoms with Crippen molar-refractivity contribution in [3.05, 3.63) is 29.8 Å². The molecule has 1 aromatic rings. The molecule has 0 atom stereocenters. The molecule has 0 fully saturated rings. The van der Waals surface area contributed by atoms with Crippen LogP contribution >= 0.6 is 12.2 Å². The van der Waals surface area contributed by atoms with Crippen LogP contribution in [0.5, 0.6) is 0 Å². The van der Waals surface area contributed by atoms with Gasteiger partial charge in [0.05, 0.1) is 0 Å². The first-order valence-electron chi connectivity index (χ1n) is 5.11. The van der Waals surface area contributed by atoms with Crippen LogP contribution in [0, 0.1) is 5.92 Å². The van der Waals surface area contributed by atoms with Gasteiger partial charge in [-0.3, -0.25) is 4.79 Å². The van der Waals surface area contributed by atoms with E-state index in [1.807, 2.05) is 38.1 Å². The van der Waals surface area contributed by atoms with E-state index in [0.29, 0.717) is 4.99 Å². The van der Waals surface area contributed by atoms with E-state index in [4.69, 9.17) is 18.0 Å². The van der Waals surface area contributed by atoms with Gasteiger partial charge in [0.2, 0.25) is 5.91 Å². The van der Waals surface area contributed by atoms with Gasteiger partial charge in [-0.25, -0.2) is 0 Å². The van der Waals surface area contributed by atoms with E-state index in [9.17, 15) is 4.79 Å². The summed E-state index contributed by atoms with van der Waals surface area (Å²) in [5, 5.41) is 0. The van der Waals surface area contributed by atoms with Gasteiger partial charge in [0.15, 0.2) is 0 Å². The highest BCUT2D eigenvalue weighted by Gasteiger charge is 2.14. The third-order valence-electron chi connectivity index (χ3n) is 2.34. The molecule has 0 aromatic heterocycles. The maximum absolute atomic E-state index is 11.8. The van der Waals surface area contributed by atoms with Crippen molar-refractivity contribution < 1.29 is 4.79 Å². The van der Waals surface area contributed by atoms with Crippen molar-refractivity contribution >= 4 is 28.8 Å². The predicted molar refractivity (Wildman–Crippen MR) is 70.6 cm³/mol. The number of amides is 1. The van der Waals surface area contributed by atoms with E-state index in [0.717, 1.165) is 11.3 Å². The van der Waals surface area contributed by atoms with Crippen molar-refractivity contribution in [2.24, 2.45) is 11.7 Å². The molecular weight excluding hydrogens is 220 g/mol. The van der Waals surface area contributed by atoms with Gasteiger partial charge in [-0.2, -0.15) is 0 Å². The van der Waals surface area contributed by atoms with Crippen LogP contribution in [0.4, 0.5) is 5.69 Å². The Labute approximate surface area is 101 Å². The van der Waals surface area contributed by atoms with Gasteiger partial charge < -0.3 is 10.6 Å². The molecule has 3 nitrogen and oxygen atoms in total. The molecule has 0 saturated carbocycles. The molecule has 0 aliphatic carbocycles. The van der Waals surface area contributed by atoms with Gasteiger partial charge in [-0.1, -0.05) is 38.2 Å². The minimum absolute atomic E-state index is 0.0292. The summed E-state index contributed by atoms with van der Waals surface area (Å²) in [6, 6.07) is 7.36. The lowest BCUT2D eigenvalue weighted by Gasteiger charge is -2.20. The van der Waals surface area contributed by atoms with Crippen LogP contribution < -0.4 is 10.6 Å². The van der Waals surface area contributed by atoms with Crippen LogP contribution in [0.2, 0.25) is 0 Å². The van der Waals surface area contributed by atoms with E-state index in [2.05, 4.69) is 0 Å². The second kappa shape index (κ2) is 5.07. The van der Waals surface area contributed by atoms with E-state index < -0.39 is 0 Å². The molecule has 0 bridgehead atoms. The second-order valence-corrected chi connectivity index (χ2v) is 4.41. The number of nitrogens with two attached hydrogens (primary N) is 1.